The molecule has 5 heteroatoms. The Labute approximate surface area is 64.2 Å². The number of amides is 2. The smallest absolute Gasteiger partial charge is 0.320 e. The third-order valence-corrected chi connectivity index (χ3v) is 1.17. The molecule has 0 aromatic carbocycles. The van der Waals surface area contributed by atoms with Crippen LogP contribution >= 0.6 is 0 Å². The van der Waals surface area contributed by atoms with Crippen molar-refractivity contribution in [2.24, 2.45) is 0 Å². The van der Waals surface area contributed by atoms with Gasteiger partial charge in [0.15, 0.2) is 5.82 Å². The first kappa shape index (κ1) is 7.59. The second-order valence-electron chi connectivity index (χ2n) is 2.14. The fraction of sp³-hybridized carbons (Fsp3) is 0.333. The number of carbonyl (C=O) groups is 1. The van der Waals surface area contributed by atoms with Crippen LogP contribution in [0.4, 0.5) is 10.6 Å². The fourth-order valence-electron chi connectivity index (χ4n) is 0.661. The maximum atomic E-state index is 10.7. The minimum absolute atomic E-state index is 0.267. The molecule has 3 N–H and O–H groups in total. The summed E-state index contributed by atoms with van der Waals surface area (Å²) in [6, 6.07) is 1.48. The summed E-state index contributed by atoms with van der Waals surface area (Å²) in [6.45, 7) is 1.86. The summed E-state index contributed by atoms with van der Waals surface area (Å²) >= 11 is 0. The number of aromatic amines is 1. The topological polar surface area (TPSA) is 69.8 Å². The normalized spacial score (nSPS) is 9.27. The van der Waals surface area contributed by atoms with E-state index in [1.807, 2.05) is 6.92 Å². The van der Waals surface area contributed by atoms with Crippen LogP contribution in [0, 0.1) is 6.92 Å². The van der Waals surface area contributed by atoms with Crippen molar-refractivity contribution < 1.29 is 4.79 Å². The number of hydrogen-bond acceptors (Lipinski definition) is 2. The fourth-order valence-corrected chi connectivity index (χ4v) is 0.661. The molecule has 0 spiro atoms. The Bertz CT molecular complexity index is 255. The van der Waals surface area contributed by atoms with Crippen LogP contribution in [0.3, 0.4) is 0 Å². The van der Waals surface area contributed by atoms with E-state index in [0.717, 1.165) is 5.69 Å². The van der Waals surface area contributed by atoms with Gasteiger partial charge in [-0.1, -0.05) is 0 Å². The number of rotatable bonds is 1. The summed E-state index contributed by atoms with van der Waals surface area (Å²) in [6.07, 6.45) is 0. The van der Waals surface area contributed by atoms with Crippen LogP contribution in [0.25, 0.3) is 0 Å². The van der Waals surface area contributed by atoms with E-state index in [4.69, 9.17) is 0 Å². The lowest BCUT2D eigenvalue weighted by atomic mass is 10.5. The van der Waals surface area contributed by atoms with Gasteiger partial charge in [0.2, 0.25) is 0 Å². The molecule has 1 aromatic rings. The second kappa shape index (κ2) is 3.05. The van der Waals surface area contributed by atoms with Crippen LogP contribution < -0.4 is 10.6 Å². The van der Waals surface area contributed by atoms with Crippen LogP contribution in [-0.4, -0.2) is 23.3 Å². The minimum Gasteiger partial charge on any atom is -0.341 e. The quantitative estimate of drug-likeness (QED) is 0.550. The number of nitrogens with zero attached hydrogens (tertiary/aromatic N) is 1. The molecule has 1 heterocycles. The van der Waals surface area contributed by atoms with Gasteiger partial charge in [0.25, 0.3) is 0 Å². The maximum absolute atomic E-state index is 10.7. The summed E-state index contributed by atoms with van der Waals surface area (Å²) < 4.78 is 0. The number of aryl methyl sites for hydroxylation is 1. The highest BCUT2D eigenvalue weighted by Crippen LogP contribution is 2.02. The lowest BCUT2D eigenvalue weighted by molar-refractivity contribution is 0.254. The Morgan fingerprint density at radius 3 is 2.91 bits per heavy atom. The number of urea groups is 1. The first-order valence-corrected chi connectivity index (χ1v) is 3.23. The van der Waals surface area contributed by atoms with Crippen molar-refractivity contribution in [1.29, 1.82) is 0 Å². The van der Waals surface area contributed by atoms with Gasteiger partial charge < -0.3 is 5.32 Å². The van der Waals surface area contributed by atoms with Crippen LogP contribution in [0.5, 0.6) is 0 Å². The SMILES string of the molecule is CNC(=O)Nc1cc(C)[nH]n1. The van der Waals surface area contributed by atoms with Gasteiger partial charge in [0.1, 0.15) is 0 Å². The van der Waals surface area contributed by atoms with Crippen LogP contribution in [-0.2, 0) is 0 Å². The first-order valence-electron chi connectivity index (χ1n) is 3.23. The van der Waals surface area contributed by atoms with Crippen molar-refractivity contribution in [2.45, 2.75) is 6.92 Å². The first-order chi connectivity index (χ1) is 5.22. The minimum atomic E-state index is -0.267. The van der Waals surface area contributed by atoms with E-state index in [-0.39, 0.29) is 6.03 Å². The Kier molecular flexibility index (Phi) is 2.10. The Balaban J connectivity index is 2.57. The van der Waals surface area contributed by atoms with Gasteiger partial charge in [-0.3, -0.25) is 10.4 Å². The van der Waals surface area contributed by atoms with Crippen molar-refractivity contribution in [2.75, 3.05) is 12.4 Å². The van der Waals surface area contributed by atoms with Gasteiger partial charge in [0.05, 0.1) is 0 Å². The van der Waals surface area contributed by atoms with Gasteiger partial charge in [0, 0.05) is 18.8 Å². The highest BCUT2D eigenvalue weighted by molar-refractivity contribution is 5.87. The van der Waals surface area contributed by atoms with E-state index in [1.165, 1.54) is 0 Å². The van der Waals surface area contributed by atoms with Crippen molar-refractivity contribution in [3.63, 3.8) is 0 Å². The highest BCUT2D eigenvalue weighted by atomic mass is 16.2. The summed E-state index contributed by atoms with van der Waals surface area (Å²) in [4.78, 5) is 10.7. The maximum Gasteiger partial charge on any atom is 0.320 e. The predicted octanol–water partition coefficient (Wildman–Crippen LogP) is 0.469. The molecule has 0 radical (unpaired) electrons. The molecule has 11 heavy (non-hydrogen) atoms. The van der Waals surface area contributed by atoms with Crippen LogP contribution in [0.15, 0.2) is 6.07 Å². The molecule has 1 rings (SSSR count). The van der Waals surface area contributed by atoms with Crippen molar-refractivity contribution in [3.8, 4) is 0 Å². The standard InChI is InChI=1S/C6H10N4O/c1-4-3-5(10-9-4)8-6(11)7-2/h3H,1-2H3,(H3,7,8,9,10,11). The van der Waals surface area contributed by atoms with E-state index in [9.17, 15) is 4.79 Å². The van der Waals surface area contributed by atoms with E-state index >= 15 is 0 Å². The van der Waals surface area contributed by atoms with E-state index < -0.39 is 0 Å². The monoisotopic (exact) mass is 154 g/mol. The predicted molar refractivity (Wildman–Crippen MR) is 41.4 cm³/mol. The number of aromatic nitrogens is 2. The Morgan fingerprint density at radius 1 is 1.73 bits per heavy atom. The Hall–Kier alpha value is -1.52. The summed E-state index contributed by atoms with van der Waals surface area (Å²) in [5.41, 5.74) is 0.913. The van der Waals surface area contributed by atoms with Crippen LogP contribution in [0.2, 0.25) is 0 Å². The lowest BCUT2D eigenvalue weighted by Crippen LogP contribution is -2.24. The summed E-state index contributed by atoms with van der Waals surface area (Å²) in [5, 5.41) is 11.5. The molecule has 0 atom stereocenters. The van der Waals surface area contributed by atoms with Gasteiger partial charge in [-0.15, -0.1) is 0 Å². The number of nitrogens with one attached hydrogen (secondary N) is 3. The molecule has 0 saturated heterocycles. The lowest BCUT2D eigenvalue weighted by Gasteiger charge is -1.97. The molecular weight excluding hydrogens is 144 g/mol. The largest absolute Gasteiger partial charge is 0.341 e. The Morgan fingerprint density at radius 2 is 2.45 bits per heavy atom. The molecule has 0 fully saturated rings. The molecular formula is C6H10N4O. The van der Waals surface area contributed by atoms with Crippen molar-refractivity contribution >= 4 is 11.8 Å². The van der Waals surface area contributed by atoms with Gasteiger partial charge in [-0.2, -0.15) is 5.10 Å². The van der Waals surface area contributed by atoms with E-state index in [0.29, 0.717) is 5.82 Å². The van der Waals surface area contributed by atoms with Gasteiger partial charge in [-0.25, -0.2) is 4.79 Å². The molecule has 0 bridgehead atoms. The summed E-state index contributed by atoms with van der Waals surface area (Å²) in [7, 11) is 1.55. The number of H-pyrrole nitrogens is 1. The summed E-state index contributed by atoms with van der Waals surface area (Å²) in [5.74, 6) is 0.529. The van der Waals surface area contributed by atoms with E-state index in [2.05, 4.69) is 20.8 Å². The molecule has 0 aliphatic carbocycles. The van der Waals surface area contributed by atoms with Crippen LogP contribution in [0.1, 0.15) is 5.69 Å². The zero-order valence-electron chi connectivity index (χ0n) is 6.43. The third-order valence-electron chi connectivity index (χ3n) is 1.17. The molecule has 0 saturated carbocycles. The van der Waals surface area contributed by atoms with Gasteiger partial charge >= 0.3 is 6.03 Å². The highest BCUT2D eigenvalue weighted by Gasteiger charge is 1.99. The molecule has 1 aromatic heterocycles. The third kappa shape index (κ3) is 1.96. The molecule has 2 amide bonds. The molecule has 0 unspecified atom stereocenters. The zero-order chi connectivity index (χ0) is 8.27. The van der Waals surface area contributed by atoms with Crippen molar-refractivity contribution in [1.82, 2.24) is 15.5 Å². The van der Waals surface area contributed by atoms with Crippen molar-refractivity contribution in [3.05, 3.63) is 11.8 Å². The molecule has 0 aliphatic heterocycles. The zero-order valence-corrected chi connectivity index (χ0v) is 6.43. The molecule has 5 nitrogen and oxygen atoms in total. The average Bonchev–Trinajstić information content (AvgIpc) is 2.35. The molecule has 60 valence electrons. The number of anilines is 1. The number of carbonyl (C=O) groups excluding carboxylic acids is 1. The second-order valence-corrected chi connectivity index (χ2v) is 2.14. The van der Waals surface area contributed by atoms with Gasteiger partial charge in [-0.05, 0) is 6.92 Å². The molecule has 0 aliphatic rings. The number of hydrogen-bond donors (Lipinski definition) is 3. The average molecular weight is 154 g/mol. The van der Waals surface area contributed by atoms with E-state index in [1.54, 1.807) is 13.1 Å².